The van der Waals surface area contributed by atoms with Gasteiger partial charge in [-0.15, -0.1) is 0 Å². The van der Waals surface area contributed by atoms with E-state index >= 15 is 0 Å². The van der Waals surface area contributed by atoms with Crippen molar-refractivity contribution in [1.29, 1.82) is 0 Å². The molecule has 1 saturated heterocycles. The highest BCUT2D eigenvalue weighted by Gasteiger charge is 2.38. The van der Waals surface area contributed by atoms with Gasteiger partial charge in [0.05, 0.1) is 4.91 Å². The molecule has 184 valence electrons. The molecule has 2 aliphatic rings. The zero-order chi connectivity index (χ0) is 25.5. The van der Waals surface area contributed by atoms with Gasteiger partial charge in [0.15, 0.2) is 0 Å². The molecular formula is C28H33N3O3S. The molecule has 4 rings (SSSR count). The molecule has 2 aromatic carbocycles. The molecule has 0 radical (unpaired) electrons. The van der Waals surface area contributed by atoms with Gasteiger partial charge < -0.3 is 10.2 Å². The number of amides is 3. The van der Waals surface area contributed by atoms with Crippen molar-refractivity contribution >= 4 is 46.3 Å². The summed E-state index contributed by atoms with van der Waals surface area (Å²) in [6.07, 6.45) is 2.84. The molecule has 2 aromatic rings. The topological polar surface area (TPSA) is 69.7 Å². The summed E-state index contributed by atoms with van der Waals surface area (Å²) in [7, 11) is 0. The van der Waals surface area contributed by atoms with Crippen LogP contribution in [0.1, 0.15) is 62.3 Å². The van der Waals surface area contributed by atoms with Gasteiger partial charge in [0, 0.05) is 23.5 Å². The van der Waals surface area contributed by atoms with Crippen LogP contribution in [0.5, 0.6) is 0 Å². The average molecular weight is 492 g/mol. The molecule has 1 atom stereocenters. The van der Waals surface area contributed by atoms with Crippen LogP contribution in [0.4, 0.5) is 16.2 Å². The van der Waals surface area contributed by atoms with E-state index in [0.717, 1.165) is 46.3 Å². The number of aryl methyl sites for hydroxylation is 2. The standard InChI is InChI=1S/C28H33N3O3S/c1-7-31-23-12-18(3)20(13-22(23)19(4)15-28(31,5)6)14-24-26(33)30(27(34)35-24)16-25(32)29-21-10-8-9-17(2)11-21/h8-14,19H,7,15-16H2,1-6H3,(H,29,32)/b24-14-/t19-/m0/s1. The average Bonchev–Trinajstić information content (AvgIpc) is 3.02. The second-order valence-electron chi connectivity index (χ2n) is 10.1. The molecule has 3 amide bonds. The molecule has 0 spiro atoms. The quantitative estimate of drug-likeness (QED) is 0.513. The van der Waals surface area contributed by atoms with E-state index < -0.39 is 17.1 Å². The highest BCUT2D eigenvalue weighted by atomic mass is 32.2. The van der Waals surface area contributed by atoms with Gasteiger partial charge in [-0.2, -0.15) is 0 Å². The zero-order valence-corrected chi connectivity index (χ0v) is 22.1. The van der Waals surface area contributed by atoms with Gasteiger partial charge in [-0.05, 0) is 111 Å². The van der Waals surface area contributed by atoms with Crippen LogP contribution >= 0.6 is 11.8 Å². The maximum atomic E-state index is 13.0. The third kappa shape index (κ3) is 5.01. The Bertz CT molecular complexity index is 1230. The number of rotatable bonds is 5. The molecular weight excluding hydrogens is 458 g/mol. The fraction of sp³-hybridized carbons (Fsp3) is 0.393. The predicted molar refractivity (Wildman–Crippen MR) is 144 cm³/mol. The Morgan fingerprint density at radius 2 is 1.94 bits per heavy atom. The van der Waals surface area contributed by atoms with E-state index in [4.69, 9.17) is 0 Å². The first-order chi connectivity index (χ1) is 16.5. The van der Waals surface area contributed by atoms with Crippen molar-refractivity contribution in [1.82, 2.24) is 4.90 Å². The number of hydrogen-bond donors (Lipinski definition) is 1. The van der Waals surface area contributed by atoms with Crippen LogP contribution in [0.2, 0.25) is 0 Å². The highest BCUT2D eigenvalue weighted by molar-refractivity contribution is 8.18. The normalized spacial score (nSPS) is 20.4. The summed E-state index contributed by atoms with van der Waals surface area (Å²) in [6.45, 7) is 13.6. The molecule has 2 aliphatic heterocycles. The van der Waals surface area contributed by atoms with Crippen LogP contribution in [0.15, 0.2) is 41.3 Å². The lowest BCUT2D eigenvalue weighted by atomic mass is 9.79. The minimum absolute atomic E-state index is 0.0802. The van der Waals surface area contributed by atoms with Crippen molar-refractivity contribution in [3.63, 3.8) is 0 Å². The summed E-state index contributed by atoms with van der Waals surface area (Å²) < 4.78 is 0. The van der Waals surface area contributed by atoms with Gasteiger partial charge in [-0.25, -0.2) is 0 Å². The van der Waals surface area contributed by atoms with Crippen LogP contribution in [0.3, 0.4) is 0 Å². The number of nitrogens with one attached hydrogen (secondary N) is 1. The summed E-state index contributed by atoms with van der Waals surface area (Å²) in [5.74, 6) is -0.447. The van der Waals surface area contributed by atoms with Crippen LogP contribution in [-0.2, 0) is 9.59 Å². The lowest BCUT2D eigenvalue weighted by Crippen LogP contribution is -2.48. The van der Waals surface area contributed by atoms with Crippen molar-refractivity contribution in [2.75, 3.05) is 23.3 Å². The first kappa shape index (κ1) is 25.0. The van der Waals surface area contributed by atoms with Crippen molar-refractivity contribution in [3.8, 4) is 0 Å². The Labute approximate surface area is 211 Å². The molecule has 1 fully saturated rings. The van der Waals surface area contributed by atoms with Gasteiger partial charge in [0.1, 0.15) is 6.54 Å². The van der Waals surface area contributed by atoms with Crippen molar-refractivity contribution < 1.29 is 14.4 Å². The number of imide groups is 1. The lowest BCUT2D eigenvalue weighted by molar-refractivity contribution is -0.127. The molecule has 1 N–H and O–H groups in total. The SMILES string of the molecule is CCN1c2cc(C)c(/C=C3\SC(=O)N(CC(=O)Nc4cccc(C)c4)C3=O)cc2[C@@H](C)CC1(C)C. The number of carbonyl (C=O) groups is 3. The summed E-state index contributed by atoms with van der Waals surface area (Å²) in [6, 6.07) is 11.7. The molecule has 6 nitrogen and oxygen atoms in total. The number of carbonyl (C=O) groups excluding carboxylic acids is 3. The third-order valence-electron chi connectivity index (χ3n) is 6.85. The number of thioether (sulfide) groups is 1. The van der Waals surface area contributed by atoms with Crippen LogP contribution in [-0.4, -0.2) is 40.6 Å². The zero-order valence-electron chi connectivity index (χ0n) is 21.3. The summed E-state index contributed by atoms with van der Waals surface area (Å²) in [4.78, 5) is 41.9. The molecule has 0 aliphatic carbocycles. The van der Waals surface area contributed by atoms with Gasteiger partial charge in [0.2, 0.25) is 5.91 Å². The minimum Gasteiger partial charge on any atom is -0.366 e. The first-order valence-corrected chi connectivity index (χ1v) is 12.9. The van der Waals surface area contributed by atoms with E-state index in [1.54, 1.807) is 12.1 Å². The molecule has 2 heterocycles. The van der Waals surface area contributed by atoms with Gasteiger partial charge in [-0.1, -0.05) is 19.1 Å². The number of fused-ring (bicyclic) bond motifs is 1. The fourth-order valence-corrected chi connectivity index (χ4v) is 6.08. The van der Waals surface area contributed by atoms with Crippen molar-refractivity contribution in [2.24, 2.45) is 0 Å². The van der Waals surface area contributed by atoms with Gasteiger partial charge in [0.25, 0.3) is 11.1 Å². The molecule has 0 bridgehead atoms. The Hall–Kier alpha value is -3.06. The number of anilines is 2. The summed E-state index contributed by atoms with van der Waals surface area (Å²) >= 11 is 0.887. The monoisotopic (exact) mass is 491 g/mol. The molecule has 0 aromatic heterocycles. The maximum Gasteiger partial charge on any atom is 0.294 e. The highest BCUT2D eigenvalue weighted by Crippen LogP contribution is 2.45. The first-order valence-electron chi connectivity index (χ1n) is 12.0. The van der Waals surface area contributed by atoms with E-state index in [2.05, 4.69) is 50.0 Å². The van der Waals surface area contributed by atoms with Crippen molar-refractivity contribution in [3.05, 3.63) is 63.6 Å². The Balaban J connectivity index is 1.56. The largest absolute Gasteiger partial charge is 0.366 e. The van der Waals surface area contributed by atoms with E-state index in [1.807, 2.05) is 32.0 Å². The second-order valence-corrected chi connectivity index (χ2v) is 11.1. The van der Waals surface area contributed by atoms with Crippen LogP contribution < -0.4 is 10.2 Å². The van der Waals surface area contributed by atoms with Gasteiger partial charge in [-0.3, -0.25) is 19.3 Å². The number of nitrogens with zero attached hydrogens (tertiary/aromatic N) is 2. The molecule has 0 saturated carbocycles. The smallest absolute Gasteiger partial charge is 0.294 e. The molecule has 7 heteroatoms. The Morgan fingerprint density at radius 1 is 1.20 bits per heavy atom. The van der Waals surface area contributed by atoms with Crippen LogP contribution in [0.25, 0.3) is 6.08 Å². The number of hydrogen-bond acceptors (Lipinski definition) is 5. The van der Waals surface area contributed by atoms with E-state index in [9.17, 15) is 14.4 Å². The summed E-state index contributed by atoms with van der Waals surface area (Å²) in [5, 5.41) is 2.33. The predicted octanol–water partition coefficient (Wildman–Crippen LogP) is 6.09. The summed E-state index contributed by atoms with van der Waals surface area (Å²) in [5.41, 5.74) is 6.22. The lowest BCUT2D eigenvalue weighted by Gasteiger charge is -2.47. The molecule has 35 heavy (non-hydrogen) atoms. The maximum absolute atomic E-state index is 13.0. The molecule has 0 unspecified atom stereocenters. The fourth-order valence-electron chi connectivity index (χ4n) is 5.25. The third-order valence-corrected chi connectivity index (χ3v) is 7.76. The Morgan fingerprint density at radius 3 is 2.63 bits per heavy atom. The van der Waals surface area contributed by atoms with E-state index in [0.29, 0.717) is 16.5 Å². The second kappa shape index (κ2) is 9.53. The Kier molecular flexibility index (Phi) is 6.82. The number of benzene rings is 2. The van der Waals surface area contributed by atoms with E-state index in [-0.39, 0.29) is 12.1 Å². The van der Waals surface area contributed by atoms with Gasteiger partial charge >= 0.3 is 0 Å². The van der Waals surface area contributed by atoms with Crippen molar-refractivity contribution in [2.45, 2.75) is 59.4 Å². The van der Waals surface area contributed by atoms with Crippen LogP contribution in [0, 0.1) is 13.8 Å². The van der Waals surface area contributed by atoms with E-state index in [1.165, 1.54) is 11.3 Å². The minimum atomic E-state index is -0.430.